The van der Waals surface area contributed by atoms with E-state index in [9.17, 15) is 4.79 Å². The third kappa shape index (κ3) is 2.29. The highest BCUT2D eigenvalue weighted by Gasteiger charge is 2.25. The number of rotatable bonds is 3. The number of hydrogen-bond donors (Lipinski definition) is 1. The number of nitrogens with zero attached hydrogens (tertiary/aromatic N) is 3. The lowest BCUT2D eigenvalue weighted by molar-refractivity contribution is 0.0586. The average molecular weight is 312 g/mol. The smallest absolute Gasteiger partial charge is 0.378 e. The third-order valence-electron chi connectivity index (χ3n) is 4.84. The second-order valence-corrected chi connectivity index (χ2v) is 6.23. The van der Waals surface area contributed by atoms with Crippen LogP contribution in [0.15, 0.2) is 6.07 Å². The van der Waals surface area contributed by atoms with Gasteiger partial charge in [0.1, 0.15) is 0 Å². The zero-order valence-electron chi connectivity index (χ0n) is 13.5. The highest BCUT2D eigenvalue weighted by molar-refractivity contribution is 5.85. The summed E-state index contributed by atoms with van der Waals surface area (Å²) in [7, 11) is 3.12. The molecule has 2 aliphatic carbocycles. The molecule has 0 saturated carbocycles. The Labute approximate surface area is 134 Å². The molecule has 0 saturated heterocycles. The molecular weight excluding hydrogens is 292 g/mol. The van der Waals surface area contributed by atoms with E-state index >= 15 is 0 Å². The molecule has 0 fully saturated rings. The molecule has 1 aromatic heterocycles. The number of carbonyl (C=O) groups excluding carboxylic acids is 1. The van der Waals surface area contributed by atoms with Crippen LogP contribution in [-0.4, -0.2) is 27.8 Å². The van der Waals surface area contributed by atoms with Crippen molar-refractivity contribution in [2.45, 2.75) is 38.5 Å². The van der Waals surface area contributed by atoms with Gasteiger partial charge in [0.05, 0.1) is 7.11 Å². The number of fused-ring (bicyclic) bond motifs is 2. The van der Waals surface area contributed by atoms with Crippen molar-refractivity contribution in [2.75, 3.05) is 12.4 Å². The molecular formula is C17H20N4O2. The van der Waals surface area contributed by atoms with Crippen molar-refractivity contribution in [1.29, 1.82) is 0 Å². The van der Waals surface area contributed by atoms with Crippen molar-refractivity contribution in [2.24, 2.45) is 7.05 Å². The zero-order chi connectivity index (χ0) is 16.0. The van der Waals surface area contributed by atoms with Crippen LogP contribution < -0.4 is 5.32 Å². The molecule has 0 aliphatic heterocycles. The van der Waals surface area contributed by atoms with E-state index in [0.717, 1.165) is 25.7 Å². The van der Waals surface area contributed by atoms with Crippen LogP contribution in [0.4, 0.5) is 11.6 Å². The Morgan fingerprint density at radius 1 is 1.17 bits per heavy atom. The maximum atomic E-state index is 11.6. The van der Waals surface area contributed by atoms with E-state index in [2.05, 4.69) is 21.5 Å². The van der Waals surface area contributed by atoms with E-state index in [1.54, 1.807) is 11.7 Å². The summed E-state index contributed by atoms with van der Waals surface area (Å²) in [4.78, 5) is 15.9. The normalized spacial score (nSPS) is 15.4. The van der Waals surface area contributed by atoms with Crippen LogP contribution in [0.2, 0.25) is 0 Å². The fourth-order valence-corrected chi connectivity index (χ4v) is 3.75. The first-order valence-corrected chi connectivity index (χ1v) is 8.10. The van der Waals surface area contributed by atoms with Gasteiger partial charge in [-0.15, -0.1) is 5.10 Å². The van der Waals surface area contributed by atoms with Crippen molar-refractivity contribution in [3.05, 3.63) is 34.1 Å². The predicted molar refractivity (Wildman–Crippen MR) is 86.1 cm³/mol. The third-order valence-corrected chi connectivity index (χ3v) is 4.84. The van der Waals surface area contributed by atoms with E-state index in [-0.39, 0.29) is 5.82 Å². The Kier molecular flexibility index (Phi) is 3.32. The molecule has 6 heteroatoms. The summed E-state index contributed by atoms with van der Waals surface area (Å²) in [6.07, 6.45) is 6.94. The number of ether oxygens (including phenoxy) is 1. The summed E-state index contributed by atoms with van der Waals surface area (Å²) >= 11 is 0. The van der Waals surface area contributed by atoms with Gasteiger partial charge in [-0.2, -0.15) is 4.98 Å². The van der Waals surface area contributed by atoms with Crippen LogP contribution >= 0.6 is 0 Å². The van der Waals surface area contributed by atoms with Crippen molar-refractivity contribution >= 4 is 17.6 Å². The number of carbonyl (C=O) groups is 1. The first kappa shape index (κ1) is 14.2. The first-order chi connectivity index (χ1) is 11.2. The first-order valence-electron chi connectivity index (χ1n) is 8.10. The van der Waals surface area contributed by atoms with Gasteiger partial charge in [-0.25, -0.2) is 9.48 Å². The van der Waals surface area contributed by atoms with E-state index in [0.29, 0.717) is 5.95 Å². The zero-order valence-corrected chi connectivity index (χ0v) is 13.5. The summed E-state index contributed by atoms with van der Waals surface area (Å²) in [5.41, 5.74) is 6.94. The summed E-state index contributed by atoms with van der Waals surface area (Å²) in [6.45, 7) is 0. The molecule has 120 valence electrons. The largest absolute Gasteiger partial charge is 0.463 e. The number of hydrogen-bond acceptors (Lipinski definition) is 5. The van der Waals surface area contributed by atoms with E-state index < -0.39 is 5.97 Å². The van der Waals surface area contributed by atoms with Crippen molar-refractivity contribution in [3.8, 4) is 0 Å². The Morgan fingerprint density at radius 2 is 1.83 bits per heavy atom. The molecule has 0 amide bonds. The Morgan fingerprint density at radius 3 is 2.43 bits per heavy atom. The van der Waals surface area contributed by atoms with Crippen molar-refractivity contribution < 1.29 is 9.53 Å². The maximum absolute atomic E-state index is 11.6. The number of aryl methyl sites for hydroxylation is 3. The van der Waals surface area contributed by atoms with Gasteiger partial charge in [0.15, 0.2) is 0 Å². The molecule has 0 spiro atoms. The monoisotopic (exact) mass is 312 g/mol. The van der Waals surface area contributed by atoms with Crippen LogP contribution in [0.5, 0.6) is 0 Å². The Balaban J connectivity index is 1.75. The molecule has 0 unspecified atom stereocenters. The topological polar surface area (TPSA) is 69.0 Å². The van der Waals surface area contributed by atoms with Crippen LogP contribution in [-0.2, 0) is 37.5 Å². The quantitative estimate of drug-likeness (QED) is 0.881. The number of nitrogens with one attached hydrogen (secondary N) is 1. The van der Waals surface area contributed by atoms with Crippen LogP contribution in [0, 0.1) is 0 Å². The molecule has 1 heterocycles. The van der Waals surface area contributed by atoms with Gasteiger partial charge in [0, 0.05) is 12.7 Å². The molecule has 4 rings (SSSR count). The lowest BCUT2D eigenvalue weighted by Crippen LogP contribution is -2.06. The minimum atomic E-state index is -0.517. The number of anilines is 2. The summed E-state index contributed by atoms with van der Waals surface area (Å²) in [5, 5.41) is 7.59. The molecule has 23 heavy (non-hydrogen) atoms. The summed E-state index contributed by atoms with van der Waals surface area (Å²) in [5.74, 6) is 0.152. The summed E-state index contributed by atoms with van der Waals surface area (Å²) < 4.78 is 6.30. The van der Waals surface area contributed by atoms with Crippen LogP contribution in [0.3, 0.4) is 0 Å². The molecule has 2 aliphatic rings. The maximum Gasteiger partial charge on any atom is 0.378 e. The Hall–Kier alpha value is -2.37. The number of methoxy groups -OCH3 is 1. The van der Waals surface area contributed by atoms with E-state index in [1.165, 1.54) is 47.9 Å². The average Bonchev–Trinajstić information content (AvgIpc) is 3.26. The van der Waals surface area contributed by atoms with Gasteiger partial charge in [-0.1, -0.05) is 6.07 Å². The van der Waals surface area contributed by atoms with Gasteiger partial charge in [-0.3, -0.25) is 0 Å². The highest BCUT2D eigenvalue weighted by Crippen LogP contribution is 2.39. The SMILES string of the molecule is COC(=O)c1nc(Nc2c3c(cc4c2CCC4)CCC3)n(C)n1. The molecule has 2 aromatic rings. The fraction of sp³-hybridized carbons (Fsp3) is 0.471. The Bertz CT molecular complexity index is 762. The number of esters is 1. The van der Waals surface area contributed by atoms with Gasteiger partial charge in [0.25, 0.3) is 5.82 Å². The molecule has 0 atom stereocenters. The molecule has 0 bridgehead atoms. The summed E-state index contributed by atoms with van der Waals surface area (Å²) in [6, 6.07) is 2.40. The van der Waals surface area contributed by atoms with Gasteiger partial charge in [-0.05, 0) is 60.8 Å². The number of benzene rings is 1. The predicted octanol–water partition coefficient (Wildman–Crippen LogP) is 2.32. The van der Waals surface area contributed by atoms with Crippen molar-refractivity contribution in [1.82, 2.24) is 14.8 Å². The number of aromatic nitrogens is 3. The van der Waals surface area contributed by atoms with Gasteiger partial charge >= 0.3 is 5.97 Å². The molecule has 1 aromatic carbocycles. The van der Waals surface area contributed by atoms with Gasteiger partial charge in [0.2, 0.25) is 5.95 Å². The molecule has 0 radical (unpaired) electrons. The minimum absolute atomic E-state index is 0.0849. The van der Waals surface area contributed by atoms with Gasteiger partial charge < -0.3 is 10.1 Å². The lowest BCUT2D eigenvalue weighted by atomic mass is 9.99. The minimum Gasteiger partial charge on any atom is -0.463 e. The van der Waals surface area contributed by atoms with Crippen LogP contribution in [0.25, 0.3) is 0 Å². The lowest BCUT2D eigenvalue weighted by Gasteiger charge is -2.16. The second-order valence-electron chi connectivity index (χ2n) is 6.23. The van der Waals surface area contributed by atoms with E-state index in [4.69, 9.17) is 4.74 Å². The fourth-order valence-electron chi connectivity index (χ4n) is 3.75. The van der Waals surface area contributed by atoms with Crippen LogP contribution in [0.1, 0.15) is 45.7 Å². The highest BCUT2D eigenvalue weighted by atomic mass is 16.5. The second kappa shape index (κ2) is 5.37. The molecule has 6 nitrogen and oxygen atoms in total. The molecule has 1 N–H and O–H groups in total. The van der Waals surface area contributed by atoms with E-state index in [1.807, 2.05) is 0 Å². The van der Waals surface area contributed by atoms with Crippen molar-refractivity contribution in [3.63, 3.8) is 0 Å². The standard InChI is InChI=1S/C17H20N4O2/c1-21-17(19-15(20-21)16(22)23-2)18-14-12-7-3-5-10(12)9-11-6-4-8-13(11)14/h9H,3-8H2,1-2H3,(H,18,19,20).